The van der Waals surface area contributed by atoms with Crippen molar-refractivity contribution in [1.82, 2.24) is 24.3 Å². The van der Waals surface area contributed by atoms with Gasteiger partial charge in [0.1, 0.15) is 6.33 Å². The van der Waals surface area contributed by atoms with Gasteiger partial charge in [-0.15, -0.1) is 0 Å². The van der Waals surface area contributed by atoms with Crippen LogP contribution in [0.2, 0.25) is 0 Å². The molecule has 2 aromatic rings. The molecular formula is C19H23N5O2. The van der Waals surface area contributed by atoms with Crippen molar-refractivity contribution in [2.75, 3.05) is 33.7 Å². The van der Waals surface area contributed by atoms with E-state index in [9.17, 15) is 9.59 Å². The average Bonchev–Trinajstić information content (AvgIpc) is 2.62. The van der Waals surface area contributed by atoms with Crippen LogP contribution in [0.3, 0.4) is 0 Å². The maximum atomic E-state index is 12.6. The molecule has 1 saturated heterocycles. The number of carbonyl (C=O) groups is 1. The van der Waals surface area contributed by atoms with Crippen molar-refractivity contribution in [2.45, 2.75) is 18.9 Å². The Balaban J connectivity index is 1.73. The van der Waals surface area contributed by atoms with Gasteiger partial charge in [0, 0.05) is 60.8 Å². The second-order valence-corrected chi connectivity index (χ2v) is 7.54. The van der Waals surface area contributed by atoms with Crippen LogP contribution in [0.25, 0.3) is 11.1 Å². The van der Waals surface area contributed by atoms with Crippen LogP contribution < -0.4 is 5.56 Å². The maximum Gasteiger partial charge on any atom is 0.250 e. The number of rotatable bonds is 3. The summed E-state index contributed by atoms with van der Waals surface area (Å²) in [4.78, 5) is 37.2. The highest BCUT2D eigenvalue weighted by molar-refractivity contribution is 5.78. The molecule has 26 heavy (non-hydrogen) atoms. The van der Waals surface area contributed by atoms with Crippen LogP contribution in [0.5, 0.6) is 0 Å². The molecule has 136 valence electrons. The Morgan fingerprint density at radius 2 is 1.96 bits per heavy atom. The number of piperidine rings is 1. The van der Waals surface area contributed by atoms with Gasteiger partial charge in [0.05, 0.1) is 6.54 Å². The van der Waals surface area contributed by atoms with E-state index in [1.165, 1.54) is 6.33 Å². The predicted octanol–water partition coefficient (Wildman–Crippen LogP) is 0.813. The fourth-order valence-electron chi connectivity index (χ4n) is 4.27. The van der Waals surface area contributed by atoms with Crippen molar-refractivity contribution < 1.29 is 4.79 Å². The Bertz CT molecular complexity index is 877. The highest BCUT2D eigenvalue weighted by Crippen LogP contribution is 2.39. The van der Waals surface area contributed by atoms with Gasteiger partial charge in [-0.05, 0) is 32.5 Å². The van der Waals surface area contributed by atoms with Crippen LogP contribution in [0.15, 0.2) is 35.6 Å². The number of aromatic nitrogens is 3. The van der Waals surface area contributed by atoms with Crippen LogP contribution in [-0.4, -0.2) is 64.0 Å². The highest BCUT2D eigenvalue weighted by Gasteiger charge is 2.37. The van der Waals surface area contributed by atoms with E-state index in [-0.39, 0.29) is 17.4 Å². The number of nitrogens with zero attached hydrogens (tertiary/aromatic N) is 5. The molecule has 2 atom stereocenters. The van der Waals surface area contributed by atoms with Crippen LogP contribution in [0.1, 0.15) is 18.0 Å². The molecule has 7 heteroatoms. The topological polar surface area (TPSA) is 71.3 Å². The number of amides is 1. The number of carbonyl (C=O) groups excluding carboxylic acids is 1. The molecule has 1 amide bonds. The Kier molecular flexibility index (Phi) is 4.32. The van der Waals surface area contributed by atoms with Gasteiger partial charge >= 0.3 is 0 Å². The van der Waals surface area contributed by atoms with Gasteiger partial charge in [0.2, 0.25) is 5.91 Å². The summed E-state index contributed by atoms with van der Waals surface area (Å²) in [6.45, 7) is 2.47. The largest absolute Gasteiger partial charge is 0.341 e. The summed E-state index contributed by atoms with van der Waals surface area (Å²) in [5.41, 5.74) is 2.95. The number of hydrogen-bond acceptors (Lipinski definition) is 5. The van der Waals surface area contributed by atoms with Crippen molar-refractivity contribution in [3.05, 3.63) is 46.9 Å². The molecule has 0 saturated carbocycles. The van der Waals surface area contributed by atoms with Crippen molar-refractivity contribution in [2.24, 2.45) is 5.92 Å². The maximum absolute atomic E-state index is 12.6. The lowest BCUT2D eigenvalue weighted by atomic mass is 9.80. The normalized spacial score (nSPS) is 21.6. The molecule has 0 N–H and O–H groups in total. The minimum atomic E-state index is 0.0309. The van der Waals surface area contributed by atoms with Crippen LogP contribution >= 0.6 is 0 Å². The van der Waals surface area contributed by atoms with Gasteiger partial charge in [-0.25, -0.2) is 9.97 Å². The third kappa shape index (κ3) is 3.03. The van der Waals surface area contributed by atoms with E-state index in [2.05, 4.69) is 9.97 Å². The van der Waals surface area contributed by atoms with Crippen molar-refractivity contribution in [3.8, 4) is 11.1 Å². The first-order valence-electron chi connectivity index (χ1n) is 8.94. The van der Waals surface area contributed by atoms with Gasteiger partial charge in [-0.3, -0.25) is 9.59 Å². The van der Waals surface area contributed by atoms with Crippen molar-refractivity contribution in [3.63, 3.8) is 0 Å². The van der Waals surface area contributed by atoms with Crippen molar-refractivity contribution >= 4 is 5.91 Å². The fraction of sp³-hybridized carbons (Fsp3) is 0.474. The van der Waals surface area contributed by atoms with E-state index < -0.39 is 0 Å². The monoisotopic (exact) mass is 353 g/mol. The number of pyridine rings is 1. The fourth-order valence-corrected chi connectivity index (χ4v) is 4.27. The van der Waals surface area contributed by atoms with Gasteiger partial charge in [-0.2, -0.15) is 0 Å². The molecule has 7 nitrogen and oxygen atoms in total. The molecule has 2 bridgehead atoms. The molecule has 0 spiro atoms. The molecule has 2 aliphatic heterocycles. The summed E-state index contributed by atoms with van der Waals surface area (Å²) in [7, 11) is 3.82. The number of hydrogen-bond donors (Lipinski definition) is 0. The summed E-state index contributed by atoms with van der Waals surface area (Å²) in [6.07, 6.45) is 6.06. The SMILES string of the molecule is CN(C)CC(=O)N1CC2CC(C1)c1c(-c3cncnc3)ccc(=O)n1C2. The molecule has 1 fully saturated rings. The van der Waals surface area contributed by atoms with Crippen LogP contribution in [0, 0.1) is 5.92 Å². The molecule has 0 radical (unpaired) electrons. The van der Waals surface area contributed by atoms with E-state index in [0.29, 0.717) is 25.6 Å². The summed E-state index contributed by atoms with van der Waals surface area (Å²) in [6, 6.07) is 3.50. The average molecular weight is 353 g/mol. The minimum Gasteiger partial charge on any atom is -0.341 e. The van der Waals surface area contributed by atoms with E-state index in [4.69, 9.17) is 0 Å². The zero-order valence-electron chi connectivity index (χ0n) is 15.1. The van der Waals surface area contributed by atoms with E-state index in [1.807, 2.05) is 34.5 Å². The Labute approximate surface area is 152 Å². The first-order valence-corrected chi connectivity index (χ1v) is 8.94. The zero-order valence-corrected chi connectivity index (χ0v) is 15.1. The second kappa shape index (κ2) is 6.64. The van der Waals surface area contributed by atoms with E-state index in [0.717, 1.165) is 29.8 Å². The molecule has 2 unspecified atom stereocenters. The van der Waals surface area contributed by atoms with Crippen LogP contribution in [0.4, 0.5) is 0 Å². The van der Waals surface area contributed by atoms with Crippen LogP contribution in [-0.2, 0) is 11.3 Å². The lowest BCUT2D eigenvalue weighted by molar-refractivity contribution is -0.134. The number of fused-ring (bicyclic) bond motifs is 4. The summed E-state index contributed by atoms with van der Waals surface area (Å²) in [5, 5.41) is 0. The molecular weight excluding hydrogens is 330 g/mol. The van der Waals surface area contributed by atoms with Gasteiger partial charge in [-0.1, -0.05) is 0 Å². The minimum absolute atomic E-state index is 0.0309. The van der Waals surface area contributed by atoms with E-state index in [1.54, 1.807) is 18.5 Å². The molecule has 2 aromatic heterocycles. The standard InChI is InChI=1S/C19H23N5O2/c1-22(2)11-18(26)23-8-13-5-14(10-23)19-16(15-6-20-12-21-7-15)3-4-17(25)24(19)9-13/h3-4,6-7,12-14H,5,8-11H2,1-2H3. The molecule has 0 aliphatic carbocycles. The molecule has 0 aromatic carbocycles. The Morgan fingerprint density at radius 1 is 1.19 bits per heavy atom. The molecule has 4 rings (SSSR count). The van der Waals surface area contributed by atoms with E-state index >= 15 is 0 Å². The Hall–Kier alpha value is -2.54. The zero-order chi connectivity index (χ0) is 18.3. The summed E-state index contributed by atoms with van der Waals surface area (Å²) < 4.78 is 1.90. The third-order valence-corrected chi connectivity index (χ3v) is 5.27. The first kappa shape index (κ1) is 16.9. The summed E-state index contributed by atoms with van der Waals surface area (Å²) in [5.74, 6) is 0.645. The second-order valence-electron chi connectivity index (χ2n) is 7.54. The smallest absolute Gasteiger partial charge is 0.250 e. The third-order valence-electron chi connectivity index (χ3n) is 5.27. The van der Waals surface area contributed by atoms with Crippen molar-refractivity contribution in [1.29, 1.82) is 0 Å². The highest BCUT2D eigenvalue weighted by atomic mass is 16.2. The number of likely N-dealkylation sites (tertiary alicyclic amines) is 1. The Morgan fingerprint density at radius 3 is 2.69 bits per heavy atom. The van der Waals surface area contributed by atoms with Gasteiger partial charge in [0.15, 0.2) is 0 Å². The molecule has 2 aliphatic rings. The van der Waals surface area contributed by atoms with Gasteiger partial charge in [0.25, 0.3) is 5.56 Å². The summed E-state index contributed by atoms with van der Waals surface area (Å²) >= 11 is 0. The first-order chi connectivity index (χ1) is 12.5. The van der Waals surface area contributed by atoms with Gasteiger partial charge < -0.3 is 14.4 Å². The predicted molar refractivity (Wildman–Crippen MR) is 97.7 cm³/mol. The molecule has 4 heterocycles. The quantitative estimate of drug-likeness (QED) is 0.817. The lowest BCUT2D eigenvalue weighted by Gasteiger charge is -2.43. The number of likely N-dealkylation sites (N-methyl/N-ethyl adjacent to an activating group) is 1. The lowest BCUT2D eigenvalue weighted by Crippen LogP contribution is -2.51.